The number of nitrogens with one attached hydrogen (secondary N) is 7. The Kier molecular flexibility index (Phi) is 32.4. The Balaban J connectivity index is 0.000000150. The molecule has 0 saturated carbocycles. The van der Waals surface area contributed by atoms with Gasteiger partial charge in [0.25, 0.3) is 5.91 Å². The molecule has 12 aromatic rings. The summed E-state index contributed by atoms with van der Waals surface area (Å²) in [7, 11) is 4.37. The van der Waals surface area contributed by atoms with Crippen LogP contribution in [-0.4, -0.2) is 128 Å². The molecule has 0 atom stereocenters. The van der Waals surface area contributed by atoms with Gasteiger partial charge >= 0.3 is 0 Å². The number of piperidine rings is 1. The normalized spacial score (nSPS) is 12.1. The standard InChI is InChI=1S/C22H26BrN5S.C19H22BrN5S.C18H18BrN5OS.C17H18BrN5S/c1-27(2)18-9-12-28(13-10-18)15-16-4-3-5-17(14-16)25-22-24-11-8-19(26-22)20-6-7-21(23)29-20;20-18-7-6-17(26-18)16-8-11-23-19(25-16)24-15-5-3-4-14(12-15)13-22-10-2-1-9-21;19-16-7-6-15(26-16)14-8-11-22-18(24-14)23-13-4-2-12(3-5-13)17(25)21-10-1-9-20;18-16-5-4-15(24-16)14-6-8-21-17(23-14)22-13-3-1-2-12(10-13)11-20-9-7-19/h3-8,11,14,18H,9-10,12-13,15H2,1-2H3,(H,24,25,26);3-8,11-12,22H,1-2,9-10,13,21H2,(H,23,24,25);2-8,11H,1,9-10,20H2,(H,21,25)(H,22,23,24);1-6,8,10,20H,7,9,11,19H2,(H,21,22,23). The number of anilines is 8. The first-order valence-electron chi connectivity index (χ1n) is 34.2. The first-order chi connectivity index (χ1) is 51.2. The van der Waals surface area contributed by atoms with Crippen molar-refractivity contribution in [1.82, 2.24) is 65.6 Å². The van der Waals surface area contributed by atoms with E-state index in [4.69, 9.17) is 17.2 Å². The number of likely N-dealkylation sites (tertiary alicyclic amines) is 1. The van der Waals surface area contributed by atoms with E-state index in [1.165, 1.54) is 29.5 Å². The summed E-state index contributed by atoms with van der Waals surface area (Å²) in [6, 6.07) is 56.9. The number of thiophene rings is 4. The fourth-order valence-electron chi connectivity index (χ4n) is 10.7. The van der Waals surface area contributed by atoms with E-state index in [0.29, 0.717) is 55.0 Å². The third-order valence-corrected chi connectivity index (χ3v) is 22.6. The third kappa shape index (κ3) is 26.6. The molecule has 0 spiro atoms. The van der Waals surface area contributed by atoms with E-state index in [1.807, 2.05) is 97.1 Å². The highest BCUT2D eigenvalue weighted by molar-refractivity contribution is 9.11. The average Bonchev–Trinajstić information content (AvgIpc) is 1.82. The van der Waals surface area contributed by atoms with Gasteiger partial charge in [-0.1, -0.05) is 36.4 Å². The Morgan fingerprint density at radius 1 is 0.448 bits per heavy atom. The Morgan fingerprint density at radius 2 is 0.838 bits per heavy atom. The van der Waals surface area contributed by atoms with E-state index in [2.05, 4.69) is 225 Å². The van der Waals surface area contributed by atoms with Crippen LogP contribution < -0.4 is 54.4 Å². The van der Waals surface area contributed by atoms with Crippen LogP contribution in [0.3, 0.4) is 0 Å². The van der Waals surface area contributed by atoms with Gasteiger partial charge in [-0.2, -0.15) is 0 Å². The summed E-state index contributed by atoms with van der Waals surface area (Å²) in [6.45, 7) is 9.24. The van der Waals surface area contributed by atoms with Gasteiger partial charge in [0, 0.05) is 98.4 Å². The second-order valence-electron chi connectivity index (χ2n) is 24.2. The van der Waals surface area contributed by atoms with Crippen LogP contribution in [0.25, 0.3) is 42.3 Å². The molecular formula is C76H84Br4N20OS4. The fraction of sp³-hybridized carbons (Fsp3) is 0.250. The molecule has 1 aliphatic heterocycles. The molecule has 1 fully saturated rings. The molecule has 0 bridgehead atoms. The van der Waals surface area contributed by atoms with Gasteiger partial charge in [0.1, 0.15) is 0 Å². The van der Waals surface area contributed by atoms with E-state index in [-0.39, 0.29) is 5.91 Å². The zero-order valence-electron chi connectivity index (χ0n) is 58.1. The summed E-state index contributed by atoms with van der Waals surface area (Å²) in [6.07, 6.45) is 12.5. The first-order valence-corrected chi connectivity index (χ1v) is 40.6. The third-order valence-electron chi connectivity index (χ3n) is 16.0. The number of nitrogens with zero attached hydrogens (tertiary/aromatic N) is 10. The highest BCUT2D eigenvalue weighted by Crippen LogP contribution is 2.35. The molecule has 1 amide bonds. The second-order valence-corrected chi connectivity index (χ2v) is 34.0. The minimum absolute atomic E-state index is 0.105. The van der Waals surface area contributed by atoms with E-state index in [1.54, 1.807) is 82.3 Å². The van der Waals surface area contributed by atoms with Crippen LogP contribution in [0.1, 0.15) is 59.2 Å². The van der Waals surface area contributed by atoms with Crippen LogP contribution in [0.15, 0.2) is 210 Å². The Morgan fingerprint density at radius 3 is 1.22 bits per heavy atom. The number of unbranched alkanes of at least 4 members (excludes halogenated alkanes) is 1. The summed E-state index contributed by atoms with van der Waals surface area (Å²) >= 11 is 20.5. The van der Waals surface area contributed by atoms with Gasteiger partial charge in [0.15, 0.2) is 0 Å². The largest absolute Gasteiger partial charge is 0.352 e. The molecule has 1 aliphatic rings. The lowest BCUT2D eigenvalue weighted by atomic mass is 10.0. The highest BCUT2D eigenvalue weighted by Gasteiger charge is 2.21. The molecule has 0 aliphatic carbocycles. The summed E-state index contributed by atoms with van der Waals surface area (Å²) in [5.74, 6) is 2.21. The van der Waals surface area contributed by atoms with Crippen molar-refractivity contribution in [2.24, 2.45) is 17.2 Å². The highest BCUT2D eigenvalue weighted by atomic mass is 79.9. The number of benzene rings is 4. The molecule has 546 valence electrons. The van der Waals surface area contributed by atoms with E-state index < -0.39 is 0 Å². The van der Waals surface area contributed by atoms with Crippen molar-refractivity contribution in [3.05, 3.63) is 232 Å². The van der Waals surface area contributed by atoms with Crippen molar-refractivity contribution in [2.75, 3.05) is 87.7 Å². The van der Waals surface area contributed by atoms with Gasteiger partial charge in [0.2, 0.25) is 23.8 Å². The maximum Gasteiger partial charge on any atom is 0.251 e. The average molecular weight is 1740 g/mol. The molecular weight excluding hydrogens is 1660 g/mol. The first kappa shape index (κ1) is 79.9. The number of hydrogen-bond donors (Lipinski definition) is 10. The molecule has 21 nitrogen and oxygen atoms in total. The number of hydrogen-bond acceptors (Lipinski definition) is 24. The van der Waals surface area contributed by atoms with Crippen molar-refractivity contribution in [2.45, 2.75) is 57.8 Å². The SMILES string of the molecule is CN(C)C1CCN(Cc2cccc(Nc3nccc(-c4ccc(Br)s4)n3)c2)CC1.NCCCCNCc1cccc(Nc2nccc(-c3ccc(Br)s3)n2)c1.NCCCNC(=O)c1ccc(Nc2nccc(-c3ccc(Br)s3)n2)cc1.NCCNCc1cccc(Nc2nccc(-c3ccc(Br)s3)n2)c1. The van der Waals surface area contributed by atoms with E-state index in [9.17, 15) is 4.79 Å². The van der Waals surface area contributed by atoms with Crippen LogP contribution in [0.2, 0.25) is 0 Å². The number of carbonyl (C=O) groups is 1. The van der Waals surface area contributed by atoms with Crippen molar-refractivity contribution < 1.29 is 4.79 Å². The smallest absolute Gasteiger partial charge is 0.251 e. The molecule has 0 radical (unpaired) electrons. The second kappa shape index (κ2) is 42.6. The van der Waals surface area contributed by atoms with Crippen LogP contribution >= 0.6 is 109 Å². The summed E-state index contributed by atoms with van der Waals surface area (Å²) in [5, 5.41) is 22.7. The van der Waals surface area contributed by atoms with Crippen LogP contribution in [-0.2, 0) is 19.6 Å². The number of halogens is 4. The molecule has 8 aromatic heterocycles. The van der Waals surface area contributed by atoms with Crippen molar-refractivity contribution in [1.29, 1.82) is 0 Å². The van der Waals surface area contributed by atoms with E-state index in [0.717, 1.165) is 152 Å². The van der Waals surface area contributed by atoms with Gasteiger partial charge in [-0.3, -0.25) is 9.69 Å². The molecule has 29 heteroatoms. The van der Waals surface area contributed by atoms with Crippen LogP contribution in [0, 0.1) is 0 Å². The van der Waals surface area contributed by atoms with Gasteiger partial charge in [-0.25, -0.2) is 39.9 Å². The number of amides is 1. The van der Waals surface area contributed by atoms with E-state index >= 15 is 0 Å². The zero-order chi connectivity index (χ0) is 73.5. The Bertz CT molecular complexity index is 4630. The molecule has 4 aromatic carbocycles. The number of rotatable bonds is 29. The van der Waals surface area contributed by atoms with Gasteiger partial charge < -0.3 is 59.3 Å². The minimum Gasteiger partial charge on any atom is -0.352 e. The number of carbonyl (C=O) groups excluding carboxylic acids is 1. The zero-order valence-corrected chi connectivity index (χ0v) is 67.7. The predicted molar refractivity (Wildman–Crippen MR) is 450 cm³/mol. The van der Waals surface area contributed by atoms with Gasteiger partial charge in [-0.15, -0.1) is 45.3 Å². The van der Waals surface area contributed by atoms with Crippen LogP contribution in [0.4, 0.5) is 46.5 Å². The predicted octanol–water partition coefficient (Wildman–Crippen LogP) is 17.3. The van der Waals surface area contributed by atoms with Crippen molar-refractivity contribution >= 4 is 162 Å². The van der Waals surface area contributed by atoms with Crippen molar-refractivity contribution in [3.63, 3.8) is 0 Å². The Hall–Kier alpha value is -7.69. The Labute approximate surface area is 663 Å². The quantitative estimate of drug-likeness (QED) is 0.0195. The molecule has 13 rings (SSSR count). The summed E-state index contributed by atoms with van der Waals surface area (Å²) in [5.41, 5.74) is 28.1. The lowest BCUT2D eigenvalue weighted by molar-refractivity contribution is 0.0953. The molecule has 13 N–H and O–H groups in total. The lowest BCUT2D eigenvalue weighted by Gasteiger charge is -2.35. The van der Waals surface area contributed by atoms with Gasteiger partial charge in [0.05, 0.1) is 57.4 Å². The topological polar surface area (TPSA) is 289 Å². The fourth-order valence-corrected chi connectivity index (χ4v) is 16.2. The maximum atomic E-state index is 12.0. The molecule has 0 unspecified atom stereocenters. The monoisotopic (exact) mass is 1740 g/mol. The van der Waals surface area contributed by atoms with Gasteiger partial charge in [-0.05, 0) is 293 Å². The minimum atomic E-state index is -0.105. The number of nitrogens with two attached hydrogens (primary N) is 3. The number of aromatic nitrogens is 8. The molecule has 105 heavy (non-hydrogen) atoms. The van der Waals surface area contributed by atoms with Crippen molar-refractivity contribution in [3.8, 4) is 42.3 Å². The molecule has 1 saturated heterocycles. The molecule has 9 heterocycles. The lowest BCUT2D eigenvalue weighted by Crippen LogP contribution is -2.41. The summed E-state index contributed by atoms with van der Waals surface area (Å²) < 4.78 is 4.33. The van der Waals surface area contributed by atoms with Crippen LogP contribution in [0.5, 0.6) is 0 Å². The summed E-state index contributed by atoms with van der Waals surface area (Å²) in [4.78, 5) is 57.0. The maximum absolute atomic E-state index is 12.0.